The van der Waals surface area contributed by atoms with Gasteiger partial charge in [-0.3, -0.25) is 14.9 Å². The fourth-order valence-electron chi connectivity index (χ4n) is 6.42. The van der Waals surface area contributed by atoms with Gasteiger partial charge in [-0.05, 0) is 98.4 Å². The molecule has 3 aliphatic rings. The molecule has 5 nitrogen and oxygen atoms in total. The van der Waals surface area contributed by atoms with Gasteiger partial charge in [-0.2, -0.15) is 10.5 Å². The molecule has 1 fully saturated rings. The van der Waals surface area contributed by atoms with Crippen LogP contribution in [-0.4, -0.2) is 29.4 Å². The van der Waals surface area contributed by atoms with Crippen LogP contribution < -0.4 is 0 Å². The van der Waals surface area contributed by atoms with Crippen LogP contribution in [0.1, 0.15) is 68.5 Å². The van der Waals surface area contributed by atoms with E-state index in [0.29, 0.717) is 17.9 Å². The van der Waals surface area contributed by atoms with Crippen LogP contribution in [0.25, 0.3) is 0 Å². The van der Waals surface area contributed by atoms with Crippen LogP contribution in [-0.2, 0) is 25.3 Å². The van der Waals surface area contributed by atoms with Crippen LogP contribution in [0.5, 0.6) is 0 Å². The fourth-order valence-corrected chi connectivity index (χ4v) is 7.31. The summed E-state index contributed by atoms with van der Waals surface area (Å²) in [5, 5.41) is 18.9. The minimum Gasteiger partial charge on any atom is -0.299 e. The van der Waals surface area contributed by atoms with Gasteiger partial charge in [0.15, 0.2) is 0 Å². The topological polar surface area (TPSA) is 75.5 Å². The second-order valence-electron chi connectivity index (χ2n) is 11.9. The zero-order chi connectivity index (χ0) is 32.4. The predicted octanol–water partition coefficient (Wildman–Crippen LogP) is 9.95. The monoisotopic (exact) mass is 751 g/mol. The van der Waals surface area contributed by atoms with Crippen molar-refractivity contribution in [2.45, 2.75) is 52.0 Å². The van der Waals surface area contributed by atoms with Crippen LogP contribution in [0.2, 0.25) is 0 Å². The SMILES string of the molecule is Cc1c(Br)cccc1C1=Nc2cc(CCl)cc(C#N)c2C1.Cc1c(Br)cccc1C1=Nc2cc(CN3CCCC3)cc(C#N)c2C1. The van der Waals surface area contributed by atoms with Crippen molar-refractivity contribution in [1.29, 1.82) is 10.5 Å². The van der Waals surface area contributed by atoms with E-state index in [1.54, 1.807) is 0 Å². The lowest BCUT2D eigenvalue weighted by molar-refractivity contribution is 0.331. The molecule has 3 aliphatic heterocycles. The summed E-state index contributed by atoms with van der Waals surface area (Å²) in [4.78, 5) is 12.1. The third-order valence-electron chi connectivity index (χ3n) is 8.93. The Labute approximate surface area is 292 Å². The van der Waals surface area contributed by atoms with E-state index < -0.39 is 0 Å². The Balaban J connectivity index is 0.000000164. The number of alkyl halides is 1. The molecule has 0 amide bonds. The van der Waals surface area contributed by atoms with Gasteiger partial charge in [-0.25, -0.2) is 0 Å². The molecule has 0 bridgehead atoms. The molecule has 4 aromatic rings. The molecule has 0 unspecified atom stereocenters. The zero-order valence-corrected chi connectivity index (χ0v) is 29.7. The summed E-state index contributed by atoms with van der Waals surface area (Å²) in [6, 6.07) is 25.0. The van der Waals surface area contributed by atoms with Crippen LogP contribution in [0.15, 0.2) is 79.6 Å². The van der Waals surface area contributed by atoms with Crippen molar-refractivity contribution in [3.63, 3.8) is 0 Å². The lowest BCUT2D eigenvalue weighted by atomic mass is 9.96. The number of likely N-dealkylation sites (tertiary alicyclic amines) is 1. The number of aliphatic imine (C=N–C) groups is 2. The largest absolute Gasteiger partial charge is 0.299 e. The maximum Gasteiger partial charge on any atom is 0.0995 e. The average Bonchev–Trinajstić information content (AvgIpc) is 3.83. The number of benzene rings is 4. The first-order valence-electron chi connectivity index (χ1n) is 15.4. The first-order valence-corrected chi connectivity index (χ1v) is 17.5. The minimum absolute atomic E-state index is 0.392. The fraction of sp³-hybridized carbons (Fsp3) is 0.263. The molecule has 0 spiro atoms. The summed E-state index contributed by atoms with van der Waals surface area (Å²) >= 11 is 13.1. The van der Waals surface area contributed by atoms with E-state index in [-0.39, 0.29) is 0 Å². The molecule has 0 saturated carbocycles. The minimum atomic E-state index is 0.392. The van der Waals surface area contributed by atoms with E-state index in [4.69, 9.17) is 21.6 Å². The standard InChI is InChI=1S/C21H20BrN3.C17H12BrClN2/c1-14-17(5-4-6-19(14)22)21-11-18-16(12-23)9-15(10-20(18)24-21)13-25-7-2-3-8-25;1-10-13(3-2-4-15(10)18)17-7-14-12(9-20)5-11(8-19)6-16(14)21-17/h4-6,9-10H,2-3,7-8,11,13H2,1H3;2-6H,7-8H2,1H3. The van der Waals surface area contributed by atoms with Gasteiger partial charge in [0.1, 0.15) is 0 Å². The molecule has 0 radical (unpaired) electrons. The van der Waals surface area contributed by atoms with Gasteiger partial charge in [0.2, 0.25) is 0 Å². The molecule has 7 rings (SSSR count). The number of rotatable bonds is 5. The first kappa shape index (κ1) is 32.4. The number of nitrogens with zero attached hydrogens (tertiary/aromatic N) is 5. The van der Waals surface area contributed by atoms with Gasteiger partial charge in [0.05, 0.1) is 46.1 Å². The number of halogens is 3. The summed E-state index contributed by atoms with van der Waals surface area (Å²) in [6.45, 7) is 7.41. The Morgan fingerprint density at radius 1 is 0.739 bits per heavy atom. The maximum absolute atomic E-state index is 9.62. The number of hydrogen-bond acceptors (Lipinski definition) is 5. The highest BCUT2D eigenvalue weighted by molar-refractivity contribution is 9.10. The van der Waals surface area contributed by atoms with E-state index >= 15 is 0 Å². The van der Waals surface area contributed by atoms with Crippen LogP contribution in [0.3, 0.4) is 0 Å². The highest BCUT2D eigenvalue weighted by atomic mass is 79.9. The van der Waals surface area contributed by atoms with Crippen molar-refractivity contribution in [3.05, 3.63) is 125 Å². The van der Waals surface area contributed by atoms with E-state index in [9.17, 15) is 10.5 Å². The van der Waals surface area contributed by atoms with E-state index in [1.807, 2.05) is 30.3 Å². The number of nitriles is 2. The Hall–Kier alpha value is -3.59. The molecule has 0 atom stereocenters. The van der Waals surface area contributed by atoms with Crippen LogP contribution >= 0.6 is 43.5 Å². The molecule has 1 saturated heterocycles. The van der Waals surface area contributed by atoms with Gasteiger partial charge in [0, 0.05) is 56.5 Å². The Morgan fingerprint density at radius 2 is 1.22 bits per heavy atom. The third-order valence-corrected chi connectivity index (χ3v) is 11.0. The third kappa shape index (κ3) is 6.61. The van der Waals surface area contributed by atoms with Gasteiger partial charge >= 0.3 is 0 Å². The highest BCUT2D eigenvalue weighted by Gasteiger charge is 2.24. The zero-order valence-electron chi connectivity index (χ0n) is 25.8. The molecular weight excluding hydrogens is 722 g/mol. The molecule has 46 heavy (non-hydrogen) atoms. The Bertz CT molecular complexity index is 1990. The van der Waals surface area contributed by atoms with Crippen molar-refractivity contribution in [1.82, 2.24) is 4.90 Å². The molecule has 3 heterocycles. The molecular formula is C38H32Br2ClN5. The van der Waals surface area contributed by atoms with Gasteiger partial charge in [-0.15, -0.1) is 11.6 Å². The molecule has 230 valence electrons. The second-order valence-corrected chi connectivity index (χ2v) is 13.9. The molecule has 8 heteroatoms. The first-order chi connectivity index (χ1) is 22.3. The summed E-state index contributed by atoms with van der Waals surface area (Å²) in [6.07, 6.45) is 3.98. The molecule has 0 N–H and O–H groups in total. The van der Waals surface area contributed by atoms with Crippen molar-refractivity contribution < 1.29 is 0 Å². The summed E-state index contributed by atoms with van der Waals surface area (Å²) in [5.41, 5.74) is 14.2. The van der Waals surface area contributed by atoms with Gasteiger partial charge < -0.3 is 0 Å². The van der Waals surface area contributed by atoms with Gasteiger partial charge in [0.25, 0.3) is 0 Å². The normalized spacial score (nSPS) is 14.8. The van der Waals surface area contributed by atoms with Crippen molar-refractivity contribution >= 4 is 66.3 Å². The van der Waals surface area contributed by atoms with Crippen LogP contribution in [0.4, 0.5) is 11.4 Å². The van der Waals surface area contributed by atoms with E-state index in [2.05, 4.69) is 93.1 Å². The summed E-state index contributed by atoms with van der Waals surface area (Å²) in [7, 11) is 0. The van der Waals surface area contributed by atoms with Crippen molar-refractivity contribution in [2.75, 3.05) is 13.1 Å². The second kappa shape index (κ2) is 14.0. The maximum atomic E-state index is 9.62. The Kier molecular flexibility index (Phi) is 9.87. The Morgan fingerprint density at radius 3 is 1.70 bits per heavy atom. The van der Waals surface area contributed by atoms with Crippen molar-refractivity contribution in [3.8, 4) is 12.1 Å². The van der Waals surface area contributed by atoms with E-state index in [1.165, 1.54) is 29.5 Å². The number of hydrogen-bond donors (Lipinski definition) is 0. The van der Waals surface area contributed by atoms with Crippen LogP contribution in [0, 0.1) is 36.5 Å². The summed E-state index contributed by atoms with van der Waals surface area (Å²) < 4.78 is 2.17. The molecule has 0 aliphatic carbocycles. The summed E-state index contributed by atoms with van der Waals surface area (Å²) in [5.74, 6) is 0.392. The molecule has 0 aromatic heterocycles. The molecule has 4 aromatic carbocycles. The quantitative estimate of drug-likeness (QED) is 0.191. The van der Waals surface area contributed by atoms with E-state index in [0.717, 1.165) is 91.2 Å². The smallest absolute Gasteiger partial charge is 0.0995 e. The average molecular weight is 754 g/mol. The lowest BCUT2D eigenvalue weighted by Gasteiger charge is -2.15. The highest BCUT2D eigenvalue weighted by Crippen LogP contribution is 2.36. The lowest BCUT2D eigenvalue weighted by Crippen LogP contribution is -2.18. The van der Waals surface area contributed by atoms with Gasteiger partial charge in [-0.1, -0.05) is 56.1 Å². The van der Waals surface area contributed by atoms with Crippen molar-refractivity contribution in [2.24, 2.45) is 9.98 Å². The number of fused-ring (bicyclic) bond motifs is 2. The predicted molar refractivity (Wildman–Crippen MR) is 194 cm³/mol.